The standard InChI is InChI=1S/C19H20FNO2/c1-14(13-16-5-3-4-6-18(16)20)19(22)21-12-11-15-7-9-17(23-2)10-8-15/h3-10,13H,11-12H2,1-2H3,(H,21,22)/b14-13+. The average Bonchev–Trinajstić information content (AvgIpc) is 2.57. The van der Waals surface area contributed by atoms with Crippen LogP contribution < -0.4 is 10.1 Å². The summed E-state index contributed by atoms with van der Waals surface area (Å²) in [6.45, 7) is 2.20. The Labute approximate surface area is 135 Å². The molecule has 0 saturated heterocycles. The zero-order chi connectivity index (χ0) is 16.7. The topological polar surface area (TPSA) is 38.3 Å². The van der Waals surface area contributed by atoms with Crippen molar-refractivity contribution in [1.82, 2.24) is 5.32 Å². The van der Waals surface area contributed by atoms with Gasteiger partial charge in [0.15, 0.2) is 0 Å². The molecular weight excluding hydrogens is 293 g/mol. The van der Waals surface area contributed by atoms with Crippen LogP contribution in [0.1, 0.15) is 18.1 Å². The van der Waals surface area contributed by atoms with Crippen LogP contribution in [0.5, 0.6) is 5.75 Å². The normalized spacial score (nSPS) is 11.2. The molecule has 0 saturated carbocycles. The number of amides is 1. The lowest BCUT2D eigenvalue weighted by Crippen LogP contribution is -2.26. The molecule has 1 amide bonds. The van der Waals surface area contributed by atoms with Gasteiger partial charge in [0.1, 0.15) is 11.6 Å². The maximum atomic E-state index is 13.6. The number of methoxy groups -OCH3 is 1. The second-order valence-electron chi connectivity index (χ2n) is 5.20. The number of nitrogens with one attached hydrogen (secondary N) is 1. The molecule has 0 aliphatic rings. The lowest BCUT2D eigenvalue weighted by molar-refractivity contribution is -0.117. The van der Waals surface area contributed by atoms with Crippen LogP contribution in [0.4, 0.5) is 4.39 Å². The minimum Gasteiger partial charge on any atom is -0.497 e. The highest BCUT2D eigenvalue weighted by molar-refractivity contribution is 5.97. The van der Waals surface area contributed by atoms with E-state index in [0.717, 1.165) is 17.7 Å². The molecule has 2 aromatic rings. The molecule has 23 heavy (non-hydrogen) atoms. The number of rotatable bonds is 6. The highest BCUT2D eigenvalue weighted by Gasteiger charge is 2.05. The Morgan fingerprint density at radius 3 is 2.52 bits per heavy atom. The number of halogens is 1. The summed E-state index contributed by atoms with van der Waals surface area (Å²) in [6.07, 6.45) is 2.28. The maximum absolute atomic E-state index is 13.6. The summed E-state index contributed by atoms with van der Waals surface area (Å²) in [4.78, 5) is 12.0. The van der Waals surface area contributed by atoms with Crippen molar-refractivity contribution < 1.29 is 13.9 Å². The summed E-state index contributed by atoms with van der Waals surface area (Å²) in [6, 6.07) is 14.1. The van der Waals surface area contributed by atoms with Gasteiger partial charge in [-0.3, -0.25) is 4.79 Å². The molecule has 0 atom stereocenters. The van der Waals surface area contributed by atoms with Crippen LogP contribution in [-0.2, 0) is 11.2 Å². The first-order chi connectivity index (χ1) is 11.1. The molecule has 2 rings (SSSR count). The minimum atomic E-state index is -0.335. The van der Waals surface area contributed by atoms with Gasteiger partial charge in [-0.15, -0.1) is 0 Å². The number of ether oxygens (including phenoxy) is 1. The Balaban J connectivity index is 1.87. The van der Waals surface area contributed by atoms with E-state index >= 15 is 0 Å². The van der Waals surface area contributed by atoms with Crippen molar-refractivity contribution in [2.45, 2.75) is 13.3 Å². The van der Waals surface area contributed by atoms with Gasteiger partial charge < -0.3 is 10.1 Å². The van der Waals surface area contributed by atoms with Gasteiger partial charge in [-0.2, -0.15) is 0 Å². The molecule has 120 valence electrons. The van der Waals surface area contributed by atoms with Crippen molar-refractivity contribution in [1.29, 1.82) is 0 Å². The summed E-state index contributed by atoms with van der Waals surface area (Å²) in [5.41, 5.74) is 2.00. The van der Waals surface area contributed by atoms with E-state index in [0.29, 0.717) is 17.7 Å². The molecule has 0 spiro atoms. The average molecular weight is 313 g/mol. The Hall–Kier alpha value is -2.62. The number of hydrogen-bond donors (Lipinski definition) is 1. The van der Waals surface area contributed by atoms with Gasteiger partial charge >= 0.3 is 0 Å². The first-order valence-corrected chi connectivity index (χ1v) is 7.44. The Morgan fingerprint density at radius 2 is 1.87 bits per heavy atom. The minimum absolute atomic E-state index is 0.193. The van der Waals surface area contributed by atoms with Crippen molar-refractivity contribution in [2.75, 3.05) is 13.7 Å². The third-order valence-corrected chi connectivity index (χ3v) is 3.49. The van der Waals surface area contributed by atoms with Crippen molar-refractivity contribution in [3.05, 3.63) is 71.0 Å². The number of carbonyl (C=O) groups excluding carboxylic acids is 1. The monoisotopic (exact) mass is 313 g/mol. The fourth-order valence-corrected chi connectivity index (χ4v) is 2.14. The van der Waals surface area contributed by atoms with Crippen molar-refractivity contribution in [3.63, 3.8) is 0 Å². The highest BCUT2D eigenvalue weighted by Crippen LogP contribution is 2.12. The summed E-state index contributed by atoms with van der Waals surface area (Å²) in [7, 11) is 1.62. The molecule has 0 heterocycles. The Bertz CT molecular complexity index is 693. The van der Waals surface area contributed by atoms with Gasteiger partial charge in [0.05, 0.1) is 7.11 Å². The van der Waals surface area contributed by atoms with Crippen molar-refractivity contribution >= 4 is 12.0 Å². The van der Waals surface area contributed by atoms with Crippen LogP contribution in [0, 0.1) is 5.82 Å². The van der Waals surface area contributed by atoms with Crippen LogP contribution in [-0.4, -0.2) is 19.6 Å². The summed E-state index contributed by atoms with van der Waals surface area (Å²) in [5, 5.41) is 2.84. The number of benzene rings is 2. The largest absolute Gasteiger partial charge is 0.497 e. The van der Waals surface area contributed by atoms with Gasteiger partial charge in [0.25, 0.3) is 0 Å². The van der Waals surface area contributed by atoms with Gasteiger partial charge in [-0.1, -0.05) is 30.3 Å². The smallest absolute Gasteiger partial charge is 0.246 e. The van der Waals surface area contributed by atoms with Crippen LogP contribution in [0.3, 0.4) is 0 Å². The lowest BCUT2D eigenvalue weighted by Gasteiger charge is -2.07. The van der Waals surface area contributed by atoms with E-state index < -0.39 is 0 Å². The lowest BCUT2D eigenvalue weighted by atomic mass is 10.1. The second kappa shape index (κ2) is 8.13. The first-order valence-electron chi connectivity index (χ1n) is 7.44. The fourth-order valence-electron chi connectivity index (χ4n) is 2.14. The molecule has 0 aliphatic carbocycles. The molecule has 0 radical (unpaired) electrons. The summed E-state index contributed by atoms with van der Waals surface area (Å²) < 4.78 is 18.7. The Kier molecular flexibility index (Phi) is 5.92. The van der Waals surface area contributed by atoms with E-state index in [2.05, 4.69) is 5.32 Å². The van der Waals surface area contributed by atoms with E-state index in [1.165, 1.54) is 6.07 Å². The number of hydrogen-bond acceptors (Lipinski definition) is 2. The molecule has 0 bridgehead atoms. The van der Waals surface area contributed by atoms with E-state index in [4.69, 9.17) is 4.74 Å². The second-order valence-corrected chi connectivity index (χ2v) is 5.20. The molecule has 0 fully saturated rings. The fraction of sp³-hybridized carbons (Fsp3) is 0.211. The maximum Gasteiger partial charge on any atom is 0.246 e. The van der Waals surface area contributed by atoms with Crippen LogP contribution in [0.15, 0.2) is 54.1 Å². The van der Waals surface area contributed by atoms with Crippen molar-refractivity contribution in [2.24, 2.45) is 0 Å². The van der Waals surface area contributed by atoms with E-state index in [-0.39, 0.29) is 11.7 Å². The highest BCUT2D eigenvalue weighted by atomic mass is 19.1. The van der Waals surface area contributed by atoms with Gasteiger partial charge in [-0.05, 0) is 43.2 Å². The van der Waals surface area contributed by atoms with Crippen LogP contribution in [0.2, 0.25) is 0 Å². The van der Waals surface area contributed by atoms with Crippen LogP contribution in [0.25, 0.3) is 6.08 Å². The molecule has 3 nitrogen and oxygen atoms in total. The third-order valence-electron chi connectivity index (χ3n) is 3.49. The zero-order valence-electron chi connectivity index (χ0n) is 13.3. The predicted octanol–water partition coefficient (Wildman–Crippen LogP) is 3.60. The zero-order valence-corrected chi connectivity index (χ0v) is 13.3. The molecule has 4 heteroatoms. The molecule has 0 unspecified atom stereocenters. The quantitative estimate of drug-likeness (QED) is 0.828. The van der Waals surface area contributed by atoms with Crippen LogP contribution >= 0.6 is 0 Å². The van der Waals surface area contributed by atoms with Crippen molar-refractivity contribution in [3.8, 4) is 5.75 Å². The van der Waals surface area contributed by atoms with E-state index in [1.807, 2.05) is 24.3 Å². The molecular formula is C19H20FNO2. The van der Waals surface area contributed by atoms with E-state index in [9.17, 15) is 9.18 Å². The number of carbonyl (C=O) groups is 1. The summed E-state index contributed by atoms with van der Waals surface area (Å²) in [5.74, 6) is 0.279. The van der Waals surface area contributed by atoms with E-state index in [1.54, 1.807) is 38.3 Å². The SMILES string of the molecule is COc1ccc(CCNC(=O)/C(C)=C/c2ccccc2F)cc1. The summed E-state index contributed by atoms with van der Waals surface area (Å²) >= 11 is 0. The van der Waals surface area contributed by atoms with Gasteiger partial charge in [0, 0.05) is 17.7 Å². The van der Waals surface area contributed by atoms with Gasteiger partial charge in [-0.25, -0.2) is 4.39 Å². The molecule has 1 N–H and O–H groups in total. The first kappa shape index (κ1) is 16.7. The molecule has 0 aromatic heterocycles. The van der Waals surface area contributed by atoms with Gasteiger partial charge in [0.2, 0.25) is 5.91 Å². The third kappa shape index (κ3) is 4.95. The molecule has 0 aliphatic heterocycles. The predicted molar refractivity (Wildman–Crippen MR) is 89.8 cm³/mol. The Morgan fingerprint density at radius 1 is 1.17 bits per heavy atom. The molecule has 2 aromatic carbocycles.